The van der Waals surface area contributed by atoms with Crippen molar-refractivity contribution in [1.29, 1.82) is 0 Å². The number of aromatic nitrogens is 6. The first-order valence-electron chi connectivity index (χ1n) is 15.7. The zero-order valence-electron chi connectivity index (χ0n) is 26.9. The van der Waals surface area contributed by atoms with E-state index in [1.54, 1.807) is 11.0 Å². The van der Waals surface area contributed by atoms with Gasteiger partial charge in [0.15, 0.2) is 0 Å². The molecule has 13 heteroatoms. The molecule has 0 spiro atoms. The van der Waals surface area contributed by atoms with Gasteiger partial charge < -0.3 is 15.4 Å². The summed E-state index contributed by atoms with van der Waals surface area (Å²) in [7, 11) is 0. The molecule has 0 aliphatic carbocycles. The fourth-order valence-electron chi connectivity index (χ4n) is 5.58. The first-order valence-corrected chi connectivity index (χ1v) is 15.7. The summed E-state index contributed by atoms with van der Waals surface area (Å²) in [6, 6.07) is 7.42. The molecular formula is C33H42FN9O3. The average Bonchev–Trinajstić information content (AvgIpc) is 3.70. The molecular weight excluding hydrogens is 589 g/mol. The number of benzene rings is 2. The monoisotopic (exact) mass is 631 g/mol. The molecule has 4 aromatic rings. The second-order valence-corrected chi connectivity index (χ2v) is 12.2. The number of carbonyl (C=O) groups excluding carboxylic acids is 2. The number of amides is 2. The van der Waals surface area contributed by atoms with E-state index in [2.05, 4.69) is 61.9 Å². The zero-order chi connectivity index (χ0) is 32.6. The van der Waals surface area contributed by atoms with Crippen LogP contribution in [0.5, 0.6) is 5.75 Å². The van der Waals surface area contributed by atoms with Crippen molar-refractivity contribution in [1.82, 2.24) is 45.3 Å². The highest BCUT2D eigenvalue weighted by atomic mass is 19.1. The van der Waals surface area contributed by atoms with Gasteiger partial charge in [0.2, 0.25) is 5.91 Å². The number of halogens is 1. The number of fused-ring (bicyclic) bond motifs is 3. The lowest BCUT2D eigenvalue weighted by Gasteiger charge is -2.25. The van der Waals surface area contributed by atoms with Crippen LogP contribution in [0.3, 0.4) is 0 Å². The van der Waals surface area contributed by atoms with E-state index < -0.39 is 17.8 Å². The molecule has 2 aromatic heterocycles. The number of carbonyl (C=O) groups is 2. The van der Waals surface area contributed by atoms with Crippen LogP contribution in [0.15, 0.2) is 49.2 Å². The molecule has 3 heterocycles. The van der Waals surface area contributed by atoms with Crippen LogP contribution in [0.1, 0.15) is 58.6 Å². The van der Waals surface area contributed by atoms with Crippen molar-refractivity contribution in [3.63, 3.8) is 0 Å². The van der Waals surface area contributed by atoms with E-state index in [9.17, 15) is 14.0 Å². The number of nitrogens with zero attached hydrogens (tertiary/aromatic N) is 7. The Hall–Kier alpha value is -4.65. The summed E-state index contributed by atoms with van der Waals surface area (Å²) in [4.78, 5) is 33.1. The van der Waals surface area contributed by atoms with Gasteiger partial charge in [0.25, 0.3) is 5.91 Å². The maximum atomic E-state index is 14.2. The molecule has 46 heavy (non-hydrogen) atoms. The summed E-state index contributed by atoms with van der Waals surface area (Å²) in [6.45, 7) is 11.7. The number of nitrogens with one attached hydrogen (secondary N) is 2. The Balaban J connectivity index is 1.37. The molecule has 1 aliphatic rings. The topological polar surface area (TPSA) is 132 Å². The number of hydrogen-bond donors (Lipinski definition) is 2. The van der Waals surface area contributed by atoms with E-state index in [4.69, 9.17) is 4.74 Å². The predicted molar refractivity (Wildman–Crippen MR) is 170 cm³/mol. The molecule has 2 amide bonds. The van der Waals surface area contributed by atoms with Gasteiger partial charge in [0.1, 0.15) is 36.9 Å². The van der Waals surface area contributed by atoms with Crippen molar-refractivity contribution in [3.05, 3.63) is 88.5 Å². The van der Waals surface area contributed by atoms with Crippen LogP contribution in [0.25, 0.3) is 0 Å². The summed E-state index contributed by atoms with van der Waals surface area (Å²) in [5.74, 6) is -1.06. The minimum absolute atomic E-state index is 0.0322. The van der Waals surface area contributed by atoms with Gasteiger partial charge in [-0.15, -0.1) is 5.10 Å². The van der Waals surface area contributed by atoms with Gasteiger partial charge in [-0.2, -0.15) is 5.10 Å². The largest absolute Gasteiger partial charge is 0.491 e. The molecule has 0 saturated heterocycles. The average molecular weight is 632 g/mol. The van der Waals surface area contributed by atoms with E-state index in [-0.39, 0.29) is 29.7 Å². The van der Waals surface area contributed by atoms with Gasteiger partial charge in [0, 0.05) is 38.8 Å². The van der Waals surface area contributed by atoms with E-state index in [0.717, 1.165) is 11.8 Å². The van der Waals surface area contributed by atoms with Gasteiger partial charge >= 0.3 is 0 Å². The third-order valence-electron chi connectivity index (χ3n) is 8.08. The molecule has 0 saturated carbocycles. The molecule has 244 valence electrons. The molecule has 2 bridgehead atoms. The van der Waals surface area contributed by atoms with Gasteiger partial charge in [0.05, 0.1) is 24.3 Å². The molecule has 2 N–H and O–H groups in total. The lowest BCUT2D eigenvalue weighted by Crippen LogP contribution is -2.49. The molecule has 0 fully saturated rings. The summed E-state index contributed by atoms with van der Waals surface area (Å²) in [5, 5.41) is 18.7. The summed E-state index contributed by atoms with van der Waals surface area (Å²) >= 11 is 0. The van der Waals surface area contributed by atoms with E-state index in [1.165, 1.54) is 40.7 Å². The van der Waals surface area contributed by atoms with Crippen LogP contribution < -0.4 is 15.4 Å². The highest BCUT2D eigenvalue weighted by Crippen LogP contribution is 2.22. The van der Waals surface area contributed by atoms with Crippen LogP contribution in [-0.2, 0) is 30.8 Å². The van der Waals surface area contributed by atoms with Crippen LogP contribution in [-0.4, -0.2) is 78.8 Å². The standard InChI is InChI=1S/C33H42FN9O3/c1-22(2)13-30-33(45)36-8-10-41(17-25-15-26(24(4)14-23(25)3)18-43-21-35-20-37-43)9-7-28-19-42(40-39-28)11-12-46-31-6-5-27(34)16-29(31)32(44)38-30/h5-6,14-16,19-22,30H,7-13,17-18H2,1-4H3,(H,36,45)(H,38,44)/t30-/m1/s1. The maximum Gasteiger partial charge on any atom is 0.255 e. The molecule has 1 atom stereocenters. The SMILES string of the molecule is Cc1cc(C)c(Cn2cncn2)cc1CN1CCNC(=O)[C@@H](CC(C)C)NC(=O)c2cc(F)ccc2OCCn2cc(nn2)CC1. The minimum atomic E-state index is -0.792. The quantitative estimate of drug-likeness (QED) is 0.332. The fourth-order valence-corrected chi connectivity index (χ4v) is 5.58. The smallest absolute Gasteiger partial charge is 0.255 e. The van der Waals surface area contributed by atoms with Crippen molar-refractivity contribution < 1.29 is 18.7 Å². The number of ether oxygens (including phenoxy) is 1. The molecule has 12 nitrogen and oxygen atoms in total. The third-order valence-corrected chi connectivity index (χ3v) is 8.08. The van der Waals surface area contributed by atoms with Crippen molar-refractivity contribution >= 4 is 11.8 Å². The Morgan fingerprint density at radius 1 is 1.04 bits per heavy atom. The fraction of sp³-hybridized carbons (Fsp3) is 0.455. The molecule has 5 rings (SSSR count). The van der Waals surface area contributed by atoms with Gasteiger partial charge in [-0.1, -0.05) is 31.2 Å². The number of hydrogen-bond acceptors (Lipinski definition) is 8. The van der Waals surface area contributed by atoms with Crippen LogP contribution in [0.4, 0.5) is 4.39 Å². The van der Waals surface area contributed by atoms with Gasteiger partial charge in [-0.25, -0.2) is 18.7 Å². The predicted octanol–water partition coefficient (Wildman–Crippen LogP) is 3.07. The Morgan fingerprint density at radius 2 is 1.85 bits per heavy atom. The lowest BCUT2D eigenvalue weighted by molar-refractivity contribution is -0.123. The summed E-state index contributed by atoms with van der Waals surface area (Å²) in [5.41, 5.74) is 5.59. The molecule has 2 aromatic carbocycles. The van der Waals surface area contributed by atoms with Crippen LogP contribution >= 0.6 is 0 Å². The second-order valence-electron chi connectivity index (χ2n) is 12.2. The maximum absolute atomic E-state index is 14.2. The van der Waals surface area contributed by atoms with Crippen molar-refractivity contribution in [2.75, 3.05) is 26.2 Å². The Bertz CT molecular complexity index is 1640. The molecule has 0 radical (unpaired) electrons. The van der Waals surface area contributed by atoms with Crippen molar-refractivity contribution in [2.45, 2.75) is 66.2 Å². The van der Waals surface area contributed by atoms with Crippen molar-refractivity contribution in [2.24, 2.45) is 5.92 Å². The van der Waals surface area contributed by atoms with E-state index >= 15 is 0 Å². The Labute approximate surface area is 268 Å². The number of rotatable bonds is 6. The zero-order valence-corrected chi connectivity index (χ0v) is 26.9. The van der Waals surface area contributed by atoms with Crippen LogP contribution in [0, 0.1) is 25.6 Å². The first kappa shape index (κ1) is 32.7. The van der Waals surface area contributed by atoms with E-state index in [1.807, 2.05) is 24.7 Å². The van der Waals surface area contributed by atoms with Crippen molar-refractivity contribution in [3.8, 4) is 5.75 Å². The summed E-state index contributed by atoms with van der Waals surface area (Å²) < 4.78 is 23.6. The lowest BCUT2D eigenvalue weighted by atomic mass is 9.99. The highest BCUT2D eigenvalue weighted by molar-refractivity contribution is 5.99. The Kier molecular flexibility index (Phi) is 10.7. The molecule has 1 aliphatic heterocycles. The molecule has 0 unspecified atom stereocenters. The highest BCUT2D eigenvalue weighted by Gasteiger charge is 2.25. The van der Waals surface area contributed by atoms with Crippen LogP contribution in [0.2, 0.25) is 0 Å². The second kappa shape index (κ2) is 15.1. The number of aryl methyl sites for hydroxylation is 2. The summed E-state index contributed by atoms with van der Waals surface area (Å²) in [6.07, 6.45) is 6.22. The van der Waals surface area contributed by atoms with Gasteiger partial charge in [-0.05, 0) is 66.6 Å². The normalized spacial score (nSPS) is 17.0. The van der Waals surface area contributed by atoms with Gasteiger partial charge in [-0.3, -0.25) is 14.5 Å². The third kappa shape index (κ3) is 8.75. The van der Waals surface area contributed by atoms with E-state index in [0.29, 0.717) is 52.1 Å². The Morgan fingerprint density at radius 3 is 2.61 bits per heavy atom. The minimum Gasteiger partial charge on any atom is -0.491 e. The first-order chi connectivity index (χ1) is 22.1.